The SMILES string of the molecule is Cc1[nH]ncc1S(=O)(=O)Nc1ccc2c(c1)OCCCO2. The molecule has 0 saturated carbocycles. The Balaban J connectivity index is 1.89. The first-order valence-corrected chi connectivity index (χ1v) is 7.97. The molecule has 0 saturated heterocycles. The van der Waals surface area contributed by atoms with Crippen LogP contribution >= 0.6 is 0 Å². The van der Waals surface area contributed by atoms with Crippen molar-refractivity contribution in [3.8, 4) is 11.5 Å². The third-order valence-electron chi connectivity index (χ3n) is 3.07. The summed E-state index contributed by atoms with van der Waals surface area (Å²) in [6, 6.07) is 4.95. The molecule has 2 N–H and O–H groups in total. The highest BCUT2D eigenvalue weighted by Gasteiger charge is 2.20. The summed E-state index contributed by atoms with van der Waals surface area (Å²) in [5.74, 6) is 1.16. The van der Waals surface area contributed by atoms with Gasteiger partial charge in [0.15, 0.2) is 11.5 Å². The molecule has 0 unspecified atom stereocenters. The van der Waals surface area contributed by atoms with Crippen LogP contribution in [0.25, 0.3) is 0 Å². The van der Waals surface area contributed by atoms with Crippen molar-refractivity contribution < 1.29 is 17.9 Å². The van der Waals surface area contributed by atoms with Crippen LogP contribution in [0.15, 0.2) is 29.3 Å². The summed E-state index contributed by atoms with van der Waals surface area (Å²) in [6.45, 7) is 2.78. The van der Waals surface area contributed by atoms with E-state index in [1.165, 1.54) is 6.20 Å². The van der Waals surface area contributed by atoms with Gasteiger partial charge in [-0.25, -0.2) is 8.42 Å². The van der Waals surface area contributed by atoms with Gasteiger partial charge >= 0.3 is 0 Å². The predicted molar refractivity (Wildman–Crippen MR) is 76.2 cm³/mol. The second kappa shape index (κ2) is 5.28. The molecule has 1 aliphatic heterocycles. The van der Waals surface area contributed by atoms with Crippen LogP contribution in [0, 0.1) is 6.92 Å². The molecule has 0 spiro atoms. The van der Waals surface area contributed by atoms with E-state index in [0.717, 1.165) is 6.42 Å². The first-order chi connectivity index (χ1) is 10.1. The van der Waals surface area contributed by atoms with Crippen molar-refractivity contribution in [1.82, 2.24) is 10.2 Å². The molecule has 0 atom stereocenters. The summed E-state index contributed by atoms with van der Waals surface area (Å²) >= 11 is 0. The molecule has 0 bridgehead atoms. The number of hydrogen-bond donors (Lipinski definition) is 2. The minimum absolute atomic E-state index is 0.120. The van der Waals surface area contributed by atoms with Crippen LogP contribution in [0.3, 0.4) is 0 Å². The molecule has 0 radical (unpaired) electrons. The van der Waals surface area contributed by atoms with Crippen LogP contribution in [0.1, 0.15) is 12.1 Å². The lowest BCUT2D eigenvalue weighted by Gasteiger charge is -2.11. The Kier molecular flexibility index (Phi) is 3.46. The molecule has 7 nitrogen and oxygen atoms in total. The Morgan fingerprint density at radius 1 is 1.24 bits per heavy atom. The number of aromatic amines is 1. The van der Waals surface area contributed by atoms with Crippen LogP contribution in [0.2, 0.25) is 0 Å². The number of H-pyrrole nitrogens is 1. The third kappa shape index (κ3) is 2.80. The number of anilines is 1. The number of aryl methyl sites for hydroxylation is 1. The van der Waals surface area contributed by atoms with E-state index in [4.69, 9.17) is 9.47 Å². The largest absolute Gasteiger partial charge is 0.490 e. The molecule has 0 aliphatic carbocycles. The van der Waals surface area contributed by atoms with E-state index in [1.807, 2.05) is 0 Å². The molecule has 21 heavy (non-hydrogen) atoms. The Morgan fingerprint density at radius 3 is 2.71 bits per heavy atom. The average Bonchev–Trinajstić information content (AvgIpc) is 2.74. The lowest BCUT2D eigenvalue weighted by molar-refractivity contribution is 0.297. The Morgan fingerprint density at radius 2 is 2.00 bits per heavy atom. The molecule has 3 rings (SSSR count). The summed E-state index contributed by atoms with van der Waals surface area (Å²) < 4.78 is 38.1. The fourth-order valence-electron chi connectivity index (χ4n) is 2.05. The maximum Gasteiger partial charge on any atom is 0.265 e. The van der Waals surface area contributed by atoms with Crippen LogP contribution in [0.5, 0.6) is 11.5 Å². The molecular formula is C13H15N3O4S. The summed E-state index contributed by atoms with van der Waals surface area (Å²) in [4.78, 5) is 0.120. The molecule has 0 amide bonds. The Bertz CT molecular complexity index is 755. The molecule has 112 valence electrons. The smallest absolute Gasteiger partial charge is 0.265 e. The zero-order chi connectivity index (χ0) is 14.9. The van der Waals surface area contributed by atoms with Gasteiger partial charge in [0, 0.05) is 12.5 Å². The number of nitrogens with zero attached hydrogens (tertiary/aromatic N) is 1. The standard InChI is InChI=1S/C13H15N3O4S/c1-9-13(8-14-15-9)21(17,18)16-10-3-4-11-12(7-10)20-6-2-5-19-11/h3-4,7-8,16H,2,5-6H2,1H3,(H,14,15). The third-order valence-corrected chi connectivity index (χ3v) is 4.57. The number of rotatable bonds is 3. The first kappa shape index (κ1) is 13.7. The molecule has 1 aliphatic rings. The van der Waals surface area contributed by atoms with E-state index in [0.29, 0.717) is 36.1 Å². The molecule has 1 aromatic heterocycles. The van der Waals surface area contributed by atoms with Gasteiger partial charge in [-0.15, -0.1) is 0 Å². The number of ether oxygens (including phenoxy) is 2. The minimum Gasteiger partial charge on any atom is -0.490 e. The van der Waals surface area contributed by atoms with Gasteiger partial charge in [0.05, 0.1) is 30.8 Å². The maximum absolute atomic E-state index is 12.3. The number of hydrogen-bond acceptors (Lipinski definition) is 5. The first-order valence-electron chi connectivity index (χ1n) is 6.49. The van der Waals surface area contributed by atoms with Crippen LogP contribution in [0.4, 0.5) is 5.69 Å². The fourth-order valence-corrected chi connectivity index (χ4v) is 3.23. The zero-order valence-corrected chi connectivity index (χ0v) is 12.2. The van der Waals surface area contributed by atoms with Crippen molar-refractivity contribution in [2.45, 2.75) is 18.2 Å². The van der Waals surface area contributed by atoms with Crippen molar-refractivity contribution in [2.75, 3.05) is 17.9 Å². The van der Waals surface area contributed by atoms with Gasteiger partial charge in [0.2, 0.25) is 0 Å². The van der Waals surface area contributed by atoms with Gasteiger partial charge in [-0.05, 0) is 19.1 Å². The normalized spacial score (nSPS) is 14.5. The van der Waals surface area contributed by atoms with Crippen LogP contribution in [-0.4, -0.2) is 31.8 Å². The quantitative estimate of drug-likeness (QED) is 0.899. The monoisotopic (exact) mass is 309 g/mol. The van der Waals surface area contributed by atoms with Gasteiger partial charge in [0.25, 0.3) is 10.0 Å². The van der Waals surface area contributed by atoms with Gasteiger partial charge in [-0.3, -0.25) is 9.82 Å². The van der Waals surface area contributed by atoms with Gasteiger partial charge < -0.3 is 9.47 Å². The molecule has 8 heteroatoms. The summed E-state index contributed by atoms with van der Waals surface area (Å²) in [5.41, 5.74) is 0.900. The average molecular weight is 309 g/mol. The van der Waals surface area contributed by atoms with E-state index in [2.05, 4.69) is 14.9 Å². The van der Waals surface area contributed by atoms with E-state index >= 15 is 0 Å². The highest BCUT2D eigenvalue weighted by molar-refractivity contribution is 7.92. The van der Waals surface area contributed by atoms with Crippen LogP contribution in [-0.2, 0) is 10.0 Å². The van der Waals surface area contributed by atoms with E-state index in [1.54, 1.807) is 25.1 Å². The van der Waals surface area contributed by atoms with Crippen molar-refractivity contribution in [1.29, 1.82) is 0 Å². The lowest BCUT2D eigenvalue weighted by atomic mass is 10.3. The number of aromatic nitrogens is 2. The zero-order valence-electron chi connectivity index (χ0n) is 11.4. The molecule has 2 aromatic rings. The molecule has 0 fully saturated rings. The van der Waals surface area contributed by atoms with Crippen molar-refractivity contribution in [3.63, 3.8) is 0 Å². The van der Waals surface area contributed by atoms with Gasteiger partial charge in [0.1, 0.15) is 4.90 Å². The molecular weight excluding hydrogens is 294 g/mol. The van der Waals surface area contributed by atoms with Crippen LogP contribution < -0.4 is 14.2 Å². The number of benzene rings is 1. The highest BCUT2D eigenvalue weighted by atomic mass is 32.2. The highest BCUT2D eigenvalue weighted by Crippen LogP contribution is 2.33. The van der Waals surface area contributed by atoms with Crippen molar-refractivity contribution >= 4 is 15.7 Å². The second-order valence-electron chi connectivity index (χ2n) is 4.68. The lowest BCUT2D eigenvalue weighted by Crippen LogP contribution is -2.13. The summed E-state index contributed by atoms with van der Waals surface area (Å²) in [7, 11) is -3.68. The predicted octanol–water partition coefficient (Wildman–Crippen LogP) is 1.68. The van der Waals surface area contributed by atoms with Gasteiger partial charge in [-0.1, -0.05) is 0 Å². The Hall–Kier alpha value is -2.22. The molecule has 2 heterocycles. The Labute approximate surface area is 122 Å². The minimum atomic E-state index is -3.68. The summed E-state index contributed by atoms with van der Waals surface area (Å²) in [6.07, 6.45) is 2.07. The van der Waals surface area contributed by atoms with Crippen molar-refractivity contribution in [2.24, 2.45) is 0 Å². The van der Waals surface area contributed by atoms with E-state index in [-0.39, 0.29) is 4.90 Å². The topological polar surface area (TPSA) is 93.3 Å². The molecule has 1 aromatic carbocycles. The fraction of sp³-hybridized carbons (Fsp3) is 0.308. The summed E-state index contributed by atoms with van der Waals surface area (Å²) in [5, 5.41) is 6.33. The van der Waals surface area contributed by atoms with Gasteiger partial charge in [-0.2, -0.15) is 5.10 Å². The van der Waals surface area contributed by atoms with E-state index < -0.39 is 10.0 Å². The number of fused-ring (bicyclic) bond motifs is 1. The van der Waals surface area contributed by atoms with E-state index in [9.17, 15) is 8.42 Å². The number of sulfonamides is 1. The number of nitrogens with one attached hydrogen (secondary N) is 2. The maximum atomic E-state index is 12.3. The van der Waals surface area contributed by atoms with Crippen molar-refractivity contribution in [3.05, 3.63) is 30.1 Å². The second-order valence-corrected chi connectivity index (χ2v) is 6.33.